The number of carbonyl (C=O) groups is 1. The predicted octanol–water partition coefficient (Wildman–Crippen LogP) is 4.11. The van der Waals surface area contributed by atoms with Crippen LogP contribution in [0.5, 0.6) is 0 Å². The summed E-state index contributed by atoms with van der Waals surface area (Å²) in [5, 5.41) is 3.35. The zero-order valence-corrected chi connectivity index (χ0v) is 16.5. The monoisotopic (exact) mass is 414 g/mol. The molecule has 3 aromatic rings. The van der Waals surface area contributed by atoms with E-state index in [9.17, 15) is 13.2 Å². The summed E-state index contributed by atoms with van der Waals surface area (Å²) in [6, 6.07) is 22.0. The van der Waals surface area contributed by atoms with Crippen molar-refractivity contribution in [2.24, 2.45) is 0 Å². The Morgan fingerprint density at radius 2 is 1.50 bits per heavy atom. The number of benzene rings is 3. The van der Waals surface area contributed by atoms with Gasteiger partial charge in [-0.1, -0.05) is 41.9 Å². The lowest BCUT2D eigenvalue weighted by molar-refractivity contribution is 0.0954. The standard InChI is InChI=1S/C21H19ClN2O3S/c22-18-8-10-19(11-9-18)24-28(26,27)20-12-6-17(7-13-20)21(25)23-15-14-16-4-2-1-3-5-16/h1-13,24H,14-15H2,(H,23,25). The number of nitrogens with one attached hydrogen (secondary N) is 2. The molecule has 0 unspecified atom stereocenters. The molecular formula is C21H19ClN2O3S. The van der Waals surface area contributed by atoms with Crippen LogP contribution >= 0.6 is 11.6 Å². The molecule has 0 saturated heterocycles. The molecule has 3 rings (SSSR count). The van der Waals surface area contributed by atoms with E-state index in [1.807, 2.05) is 30.3 Å². The molecule has 3 aromatic carbocycles. The van der Waals surface area contributed by atoms with Gasteiger partial charge in [-0.15, -0.1) is 0 Å². The van der Waals surface area contributed by atoms with Gasteiger partial charge in [-0.3, -0.25) is 9.52 Å². The van der Waals surface area contributed by atoms with Crippen molar-refractivity contribution in [1.82, 2.24) is 5.32 Å². The van der Waals surface area contributed by atoms with Crippen molar-refractivity contribution in [1.29, 1.82) is 0 Å². The number of carbonyl (C=O) groups excluding carboxylic acids is 1. The summed E-state index contributed by atoms with van der Waals surface area (Å²) in [5.41, 5.74) is 1.95. The van der Waals surface area contributed by atoms with Gasteiger partial charge in [0.1, 0.15) is 0 Å². The second kappa shape index (κ2) is 8.91. The Labute approximate surface area is 169 Å². The third-order valence-electron chi connectivity index (χ3n) is 4.07. The maximum absolute atomic E-state index is 12.5. The minimum absolute atomic E-state index is 0.0725. The number of rotatable bonds is 7. The van der Waals surface area contributed by atoms with Crippen LogP contribution in [-0.2, 0) is 16.4 Å². The van der Waals surface area contributed by atoms with E-state index < -0.39 is 10.0 Å². The molecule has 0 fully saturated rings. The van der Waals surface area contributed by atoms with E-state index in [4.69, 9.17) is 11.6 Å². The van der Waals surface area contributed by atoms with Crippen LogP contribution in [0.3, 0.4) is 0 Å². The number of halogens is 1. The van der Waals surface area contributed by atoms with Gasteiger partial charge in [-0.25, -0.2) is 8.42 Å². The number of hydrogen-bond acceptors (Lipinski definition) is 3. The van der Waals surface area contributed by atoms with Crippen LogP contribution in [0.1, 0.15) is 15.9 Å². The Morgan fingerprint density at radius 1 is 0.857 bits per heavy atom. The summed E-state index contributed by atoms with van der Waals surface area (Å²) in [5.74, 6) is -0.245. The summed E-state index contributed by atoms with van der Waals surface area (Å²) in [6.07, 6.45) is 0.726. The van der Waals surface area contributed by atoms with Crippen LogP contribution in [0, 0.1) is 0 Å². The lowest BCUT2D eigenvalue weighted by atomic mass is 10.1. The Morgan fingerprint density at radius 3 is 2.14 bits per heavy atom. The number of sulfonamides is 1. The van der Waals surface area contributed by atoms with E-state index in [1.54, 1.807) is 24.3 Å². The zero-order chi connectivity index (χ0) is 20.0. The third-order valence-corrected chi connectivity index (χ3v) is 5.71. The first-order valence-electron chi connectivity index (χ1n) is 8.65. The summed E-state index contributed by atoms with van der Waals surface area (Å²) < 4.78 is 27.4. The summed E-state index contributed by atoms with van der Waals surface area (Å²) in [6.45, 7) is 0.501. The Bertz CT molecular complexity index is 1040. The number of amides is 1. The van der Waals surface area contributed by atoms with E-state index in [2.05, 4.69) is 10.0 Å². The SMILES string of the molecule is O=C(NCCc1ccccc1)c1ccc(S(=O)(=O)Nc2ccc(Cl)cc2)cc1. The van der Waals surface area contributed by atoms with Crippen LogP contribution in [-0.4, -0.2) is 20.9 Å². The van der Waals surface area contributed by atoms with Gasteiger partial charge in [0.2, 0.25) is 0 Å². The van der Waals surface area contributed by atoms with Crippen LogP contribution in [0.2, 0.25) is 5.02 Å². The normalized spacial score (nSPS) is 11.0. The first-order chi connectivity index (χ1) is 13.4. The molecule has 2 N–H and O–H groups in total. The van der Waals surface area contributed by atoms with Crippen molar-refractivity contribution < 1.29 is 13.2 Å². The topological polar surface area (TPSA) is 75.3 Å². The number of hydrogen-bond donors (Lipinski definition) is 2. The molecule has 1 amide bonds. The van der Waals surface area contributed by atoms with Crippen molar-refractivity contribution in [3.63, 3.8) is 0 Å². The molecule has 0 aliphatic heterocycles. The van der Waals surface area contributed by atoms with Crippen LogP contribution in [0.4, 0.5) is 5.69 Å². The molecule has 0 saturated carbocycles. The molecule has 0 radical (unpaired) electrons. The van der Waals surface area contributed by atoms with Crippen LogP contribution in [0.25, 0.3) is 0 Å². The summed E-state index contributed by atoms with van der Waals surface area (Å²) >= 11 is 5.80. The first kappa shape index (κ1) is 19.9. The maximum Gasteiger partial charge on any atom is 0.261 e. The minimum atomic E-state index is -3.75. The third kappa shape index (κ3) is 5.34. The summed E-state index contributed by atoms with van der Waals surface area (Å²) in [7, 11) is -3.75. The fraction of sp³-hybridized carbons (Fsp3) is 0.0952. The molecule has 144 valence electrons. The van der Waals surface area contributed by atoms with Crippen molar-refractivity contribution in [3.05, 3.63) is 95.0 Å². The molecule has 5 nitrogen and oxygen atoms in total. The average Bonchev–Trinajstić information content (AvgIpc) is 2.70. The number of anilines is 1. The molecule has 0 spiro atoms. The second-order valence-electron chi connectivity index (χ2n) is 6.13. The van der Waals surface area contributed by atoms with Gasteiger partial charge in [0.15, 0.2) is 0 Å². The average molecular weight is 415 g/mol. The van der Waals surface area contributed by atoms with Gasteiger partial charge in [-0.05, 0) is 60.5 Å². The minimum Gasteiger partial charge on any atom is -0.352 e. The molecule has 0 aliphatic carbocycles. The molecule has 0 aromatic heterocycles. The van der Waals surface area contributed by atoms with E-state index in [0.29, 0.717) is 22.8 Å². The van der Waals surface area contributed by atoms with Crippen LogP contribution in [0.15, 0.2) is 83.8 Å². The molecule has 0 heterocycles. The Kier molecular flexibility index (Phi) is 6.34. The fourth-order valence-electron chi connectivity index (χ4n) is 2.58. The molecule has 28 heavy (non-hydrogen) atoms. The van der Waals surface area contributed by atoms with E-state index in [1.165, 1.54) is 24.3 Å². The Balaban J connectivity index is 1.60. The van der Waals surface area contributed by atoms with Gasteiger partial charge in [0, 0.05) is 22.8 Å². The highest BCUT2D eigenvalue weighted by Gasteiger charge is 2.15. The van der Waals surface area contributed by atoms with Gasteiger partial charge in [0.05, 0.1) is 4.90 Å². The maximum atomic E-state index is 12.5. The highest BCUT2D eigenvalue weighted by atomic mass is 35.5. The largest absolute Gasteiger partial charge is 0.352 e. The van der Waals surface area contributed by atoms with Gasteiger partial charge in [0.25, 0.3) is 15.9 Å². The van der Waals surface area contributed by atoms with E-state index in [-0.39, 0.29) is 10.8 Å². The molecule has 0 atom stereocenters. The fourth-order valence-corrected chi connectivity index (χ4v) is 3.77. The highest BCUT2D eigenvalue weighted by Crippen LogP contribution is 2.18. The quantitative estimate of drug-likeness (QED) is 0.610. The van der Waals surface area contributed by atoms with Gasteiger partial charge >= 0.3 is 0 Å². The predicted molar refractivity (Wildman–Crippen MR) is 111 cm³/mol. The van der Waals surface area contributed by atoms with Gasteiger partial charge in [-0.2, -0.15) is 0 Å². The molecule has 0 bridgehead atoms. The van der Waals surface area contributed by atoms with Gasteiger partial charge < -0.3 is 5.32 Å². The summed E-state index contributed by atoms with van der Waals surface area (Å²) in [4.78, 5) is 12.3. The lowest BCUT2D eigenvalue weighted by Crippen LogP contribution is -2.25. The smallest absolute Gasteiger partial charge is 0.261 e. The Hall–Kier alpha value is -2.83. The molecule has 7 heteroatoms. The lowest BCUT2D eigenvalue weighted by Gasteiger charge is -2.09. The second-order valence-corrected chi connectivity index (χ2v) is 8.25. The van der Waals surface area contributed by atoms with E-state index >= 15 is 0 Å². The van der Waals surface area contributed by atoms with E-state index in [0.717, 1.165) is 12.0 Å². The van der Waals surface area contributed by atoms with Crippen LogP contribution < -0.4 is 10.0 Å². The molecular weight excluding hydrogens is 396 g/mol. The van der Waals surface area contributed by atoms with Crippen molar-refractivity contribution in [2.75, 3.05) is 11.3 Å². The zero-order valence-electron chi connectivity index (χ0n) is 14.9. The first-order valence-corrected chi connectivity index (χ1v) is 10.5. The van der Waals surface area contributed by atoms with Crippen molar-refractivity contribution in [3.8, 4) is 0 Å². The molecule has 0 aliphatic rings. The van der Waals surface area contributed by atoms with Crippen molar-refractivity contribution in [2.45, 2.75) is 11.3 Å². The van der Waals surface area contributed by atoms with Crippen molar-refractivity contribution >= 4 is 33.2 Å². The highest BCUT2D eigenvalue weighted by molar-refractivity contribution is 7.92.